The third kappa shape index (κ3) is 182. The third-order valence-corrected chi connectivity index (χ3v) is 0.441. The largest absolute Gasteiger partial charge is 0.397 e. The van der Waals surface area contributed by atoms with Crippen molar-refractivity contribution in [2.45, 2.75) is 27.7 Å². The fraction of sp³-hybridized carbons (Fsp3) is 0.800. The van der Waals surface area contributed by atoms with Gasteiger partial charge in [-0.15, -0.1) is 10.3 Å². The van der Waals surface area contributed by atoms with Crippen LogP contribution in [0.3, 0.4) is 0 Å². The molecule has 0 heterocycles. The molecule has 0 amide bonds. The van der Waals surface area contributed by atoms with Crippen molar-refractivity contribution in [2.24, 2.45) is 10.3 Å². The zero-order valence-corrected chi connectivity index (χ0v) is 10.9. The van der Waals surface area contributed by atoms with E-state index in [-0.39, 0.29) is 0 Å². The first kappa shape index (κ1) is 23.6. The van der Waals surface area contributed by atoms with Crippen molar-refractivity contribution in [2.75, 3.05) is 27.4 Å². The predicted octanol–water partition coefficient (Wildman–Crippen LogP) is 2.57. The number of rotatable bonds is 4. The first-order chi connectivity index (χ1) is 7.24. The van der Waals surface area contributed by atoms with Gasteiger partial charge in [0, 0.05) is 27.7 Å². The summed E-state index contributed by atoms with van der Waals surface area (Å²) in [7, 11) is 3.25. The minimum atomic E-state index is 0.615. The van der Waals surface area contributed by atoms with Gasteiger partial charge < -0.3 is 14.4 Å². The molecule has 0 aliphatic heterocycles. The summed E-state index contributed by atoms with van der Waals surface area (Å²) < 4.78 is 4.25. The Morgan fingerprint density at radius 2 is 1.07 bits per heavy atom. The van der Waals surface area contributed by atoms with Gasteiger partial charge in [-0.1, -0.05) is 13.8 Å². The molecule has 0 bridgehead atoms. The second-order valence-electron chi connectivity index (χ2n) is 1.50. The van der Waals surface area contributed by atoms with Crippen molar-refractivity contribution in [1.29, 1.82) is 0 Å². The summed E-state index contributed by atoms with van der Waals surface area (Å²) in [5, 5.41) is 6.21. The van der Waals surface area contributed by atoms with Crippen LogP contribution in [0.25, 0.3) is 0 Å². The highest BCUT2D eigenvalue weighted by Gasteiger charge is 1.57. The van der Waals surface area contributed by atoms with Crippen LogP contribution in [0.15, 0.2) is 10.3 Å². The molecule has 5 nitrogen and oxygen atoms in total. The van der Waals surface area contributed by atoms with Gasteiger partial charge in [0.25, 0.3) is 0 Å². The van der Waals surface area contributed by atoms with E-state index in [0.29, 0.717) is 13.2 Å². The maximum atomic E-state index is 4.35. The lowest BCUT2D eigenvalue weighted by Crippen LogP contribution is -1.72. The summed E-state index contributed by atoms with van der Waals surface area (Å²) >= 11 is 0. The number of hydrogen-bond donors (Lipinski definition) is 0. The van der Waals surface area contributed by atoms with Crippen molar-refractivity contribution in [1.82, 2.24) is 0 Å². The number of hydrogen-bond acceptors (Lipinski definition) is 5. The molecule has 0 atom stereocenters. The molecule has 0 aromatic rings. The Bertz CT molecular complexity index is 80.7. The second-order valence-corrected chi connectivity index (χ2v) is 1.50. The van der Waals surface area contributed by atoms with Gasteiger partial charge in [0.1, 0.15) is 13.2 Å². The molecule has 0 saturated carbocycles. The second kappa shape index (κ2) is 52.5. The fourth-order valence-corrected chi connectivity index (χ4v) is 0.183. The molecule has 0 fully saturated rings. The summed E-state index contributed by atoms with van der Waals surface area (Å²) in [5.41, 5.74) is 0. The van der Waals surface area contributed by atoms with E-state index >= 15 is 0 Å². The van der Waals surface area contributed by atoms with E-state index in [9.17, 15) is 0 Å². The number of ether oxygens (including phenoxy) is 1. The summed E-state index contributed by atoms with van der Waals surface area (Å²) in [5.74, 6) is 0. The average Bonchev–Trinajstić information content (AvgIpc) is 2.25. The molecule has 0 unspecified atom stereocenters. The highest BCUT2D eigenvalue weighted by Crippen LogP contribution is 1.64. The Balaban J connectivity index is -0.0000000574. The Labute approximate surface area is 94.1 Å². The number of nitrogens with zero attached hydrogens (tertiary/aromatic N) is 2. The lowest BCUT2D eigenvalue weighted by molar-refractivity contribution is 0.161. The minimum Gasteiger partial charge on any atom is -0.397 e. The molecule has 0 aliphatic rings. The molecule has 0 aromatic heterocycles. The van der Waals surface area contributed by atoms with Crippen LogP contribution in [0.1, 0.15) is 27.7 Å². The van der Waals surface area contributed by atoms with E-state index in [4.69, 9.17) is 0 Å². The van der Waals surface area contributed by atoms with Gasteiger partial charge in [-0.05, 0) is 13.8 Å². The molecule has 0 aromatic carbocycles. The van der Waals surface area contributed by atoms with Crippen LogP contribution >= 0.6 is 0 Å². The lowest BCUT2D eigenvalue weighted by atomic mass is 10.9. The summed E-state index contributed by atoms with van der Waals surface area (Å²) in [6.07, 6.45) is 0. The fourth-order valence-electron chi connectivity index (χ4n) is 0.183. The summed E-state index contributed by atoms with van der Waals surface area (Å²) in [6.45, 7) is 15.1. The van der Waals surface area contributed by atoms with Crippen molar-refractivity contribution in [3.05, 3.63) is 0 Å². The number of methoxy groups -OCH3 is 1. The molecular weight excluding hydrogens is 196 g/mol. The molecule has 5 heteroatoms. The minimum absolute atomic E-state index is 0.615. The first-order valence-electron chi connectivity index (χ1n) is 4.81. The maximum absolute atomic E-state index is 4.35. The van der Waals surface area contributed by atoms with Gasteiger partial charge in [-0.25, -0.2) is 0 Å². The van der Waals surface area contributed by atoms with Crippen molar-refractivity contribution >= 4 is 13.4 Å². The molecule has 0 spiro atoms. The summed E-state index contributed by atoms with van der Waals surface area (Å²) in [6, 6.07) is 0. The van der Waals surface area contributed by atoms with Crippen molar-refractivity contribution in [3.63, 3.8) is 0 Å². The highest BCUT2D eigenvalue weighted by molar-refractivity contribution is 5.21. The number of oxime groups is 2. The van der Waals surface area contributed by atoms with Crippen LogP contribution in [0.4, 0.5) is 0 Å². The van der Waals surface area contributed by atoms with Crippen LogP contribution in [0.2, 0.25) is 0 Å². The molecule has 0 rings (SSSR count). The lowest BCUT2D eigenvalue weighted by Gasteiger charge is -1.82. The zero-order chi connectivity index (χ0) is 12.9. The van der Waals surface area contributed by atoms with Gasteiger partial charge in [0.05, 0.1) is 0 Å². The predicted molar refractivity (Wildman–Crippen MR) is 66.6 cm³/mol. The molecule has 0 N–H and O–H groups in total. The van der Waals surface area contributed by atoms with Gasteiger partial charge >= 0.3 is 0 Å². The van der Waals surface area contributed by atoms with Gasteiger partial charge in [0.2, 0.25) is 0 Å². The van der Waals surface area contributed by atoms with E-state index in [1.807, 2.05) is 27.7 Å². The van der Waals surface area contributed by atoms with Crippen LogP contribution in [0.5, 0.6) is 0 Å². The standard InChI is InChI=1S/2C3H7NO.C2H6O.C2H6/c2*1-3-5-4-2;1-3-2;1-2/h2*2-3H2,1H3;1-2H3;1-2H3. The SMILES string of the molecule is C=NOCC.C=NOCC.CC.COC. The highest BCUT2D eigenvalue weighted by atomic mass is 16.6. The molecule has 0 saturated heterocycles. The first-order valence-corrected chi connectivity index (χ1v) is 4.81. The Morgan fingerprint density at radius 1 is 0.867 bits per heavy atom. The van der Waals surface area contributed by atoms with E-state index in [1.54, 1.807) is 14.2 Å². The van der Waals surface area contributed by atoms with E-state index < -0.39 is 0 Å². The smallest absolute Gasteiger partial charge is 0.114 e. The van der Waals surface area contributed by atoms with Crippen LogP contribution < -0.4 is 0 Å². The molecule has 0 aliphatic carbocycles. The molecule has 15 heavy (non-hydrogen) atoms. The van der Waals surface area contributed by atoms with Crippen LogP contribution in [0, 0.1) is 0 Å². The Morgan fingerprint density at radius 3 is 1.07 bits per heavy atom. The van der Waals surface area contributed by atoms with Crippen molar-refractivity contribution < 1.29 is 14.4 Å². The van der Waals surface area contributed by atoms with Gasteiger partial charge in [0.15, 0.2) is 0 Å². The van der Waals surface area contributed by atoms with Gasteiger partial charge in [-0.3, -0.25) is 0 Å². The molecule has 0 radical (unpaired) electrons. The Hall–Kier alpha value is -1.10. The Kier molecular flexibility index (Phi) is 82.6. The summed E-state index contributed by atoms with van der Waals surface area (Å²) in [4.78, 5) is 8.69. The zero-order valence-electron chi connectivity index (χ0n) is 10.9. The monoisotopic (exact) mass is 222 g/mol. The average molecular weight is 222 g/mol. The molecular formula is C10H26N2O3. The molecule has 94 valence electrons. The maximum Gasteiger partial charge on any atom is 0.114 e. The van der Waals surface area contributed by atoms with E-state index in [1.165, 1.54) is 0 Å². The third-order valence-electron chi connectivity index (χ3n) is 0.441. The van der Waals surface area contributed by atoms with Crippen LogP contribution in [-0.2, 0) is 14.4 Å². The normalized spacial score (nSPS) is 6.00. The topological polar surface area (TPSA) is 52.4 Å². The van der Waals surface area contributed by atoms with Gasteiger partial charge in [-0.2, -0.15) is 0 Å². The van der Waals surface area contributed by atoms with Crippen LogP contribution in [-0.4, -0.2) is 40.9 Å². The quantitative estimate of drug-likeness (QED) is 0.542. The van der Waals surface area contributed by atoms with Crippen molar-refractivity contribution in [3.8, 4) is 0 Å². The van der Waals surface area contributed by atoms with E-state index in [2.05, 4.69) is 38.2 Å². The van der Waals surface area contributed by atoms with E-state index in [0.717, 1.165) is 0 Å².